The van der Waals surface area contributed by atoms with Gasteiger partial charge in [0.05, 0.1) is 24.5 Å². The quantitative estimate of drug-likeness (QED) is 0.790. The lowest BCUT2D eigenvalue weighted by Crippen LogP contribution is -2.34. The number of aliphatic hydroxyl groups excluding tert-OH is 1. The highest BCUT2D eigenvalue weighted by atomic mass is 16.3. The number of aromatic nitrogens is 2. The molecule has 1 aromatic heterocycles. The first-order valence-corrected chi connectivity index (χ1v) is 6.87. The van der Waals surface area contributed by atoms with Crippen LogP contribution in [0.4, 0.5) is 10.5 Å². The molecule has 1 aromatic carbocycles. The summed E-state index contributed by atoms with van der Waals surface area (Å²) in [6.07, 6.45) is 3.36. The van der Waals surface area contributed by atoms with Gasteiger partial charge in [-0.15, -0.1) is 0 Å². The van der Waals surface area contributed by atoms with Crippen LogP contribution in [-0.2, 0) is 0 Å². The van der Waals surface area contributed by atoms with E-state index in [1.807, 2.05) is 44.2 Å². The number of aliphatic hydroxyl groups is 1. The van der Waals surface area contributed by atoms with Gasteiger partial charge in [-0.3, -0.25) is 4.68 Å². The van der Waals surface area contributed by atoms with Crippen molar-refractivity contribution < 1.29 is 9.90 Å². The minimum Gasteiger partial charge on any atom is -0.394 e. The van der Waals surface area contributed by atoms with Gasteiger partial charge >= 0.3 is 6.03 Å². The third kappa shape index (κ3) is 4.06. The molecule has 112 valence electrons. The van der Waals surface area contributed by atoms with Gasteiger partial charge in [0.1, 0.15) is 0 Å². The summed E-state index contributed by atoms with van der Waals surface area (Å²) in [5.41, 5.74) is 1.47. The van der Waals surface area contributed by atoms with E-state index in [1.54, 1.807) is 17.1 Å². The number of benzene rings is 1. The van der Waals surface area contributed by atoms with Gasteiger partial charge in [0.2, 0.25) is 0 Å². The van der Waals surface area contributed by atoms with Gasteiger partial charge in [-0.25, -0.2) is 4.79 Å². The van der Waals surface area contributed by atoms with E-state index in [1.165, 1.54) is 0 Å². The number of carbonyl (C=O) groups is 1. The van der Waals surface area contributed by atoms with Crippen LogP contribution < -0.4 is 10.6 Å². The molecule has 21 heavy (non-hydrogen) atoms. The van der Waals surface area contributed by atoms with Gasteiger partial charge < -0.3 is 15.7 Å². The van der Waals surface area contributed by atoms with Gasteiger partial charge in [0.15, 0.2) is 0 Å². The third-order valence-corrected chi connectivity index (χ3v) is 3.08. The van der Waals surface area contributed by atoms with Crippen molar-refractivity contribution in [3.05, 3.63) is 48.3 Å². The largest absolute Gasteiger partial charge is 0.394 e. The van der Waals surface area contributed by atoms with E-state index in [9.17, 15) is 9.90 Å². The molecule has 0 aliphatic rings. The van der Waals surface area contributed by atoms with Gasteiger partial charge in [0, 0.05) is 12.2 Å². The minimum atomic E-state index is -0.439. The van der Waals surface area contributed by atoms with Crippen LogP contribution in [0.3, 0.4) is 0 Å². The van der Waals surface area contributed by atoms with Crippen molar-refractivity contribution in [3.63, 3.8) is 0 Å². The highest BCUT2D eigenvalue weighted by Crippen LogP contribution is 2.13. The Morgan fingerprint density at radius 1 is 1.33 bits per heavy atom. The van der Waals surface area contributed by atoms with Gasteiger partial charge in [-0.2, -0.15) is 5.10 Å². The van der Waals surface area contributed by atoms with E-state index in [0.29, 0.717) is 5.69 Å². The van der Waals surface area contributed by atoms with Crippen molar-refractivity contribution >= 4 is 11.7 Å². The second-order valence-corrected chi connectivity index (χ2v) is 5.05. The topological polar surface area (TPSA) is 79.2 Å². The summed E-state index contributed by atoms with van der Waals surface area (Å²) < 4.78 is 1.76. The zero-order valence-electron chi connectivity index (χ0n) is 12.2. The van der Waals surface area contributed by atoms with Crippen LogP contribution >= 0.6 is 0 Å². The van der Waals surface area contributed by atoms with Crippen LogP contribution in [0.2, 0.25) is 0 Å². The number of amides is 2. The number of carbonyl (C=O) groups excluding carboxylic acids is 1. The first-order chi connectivity index (χ1) is 10.1. The number of anilines is 1. The van der Waals surface area contributed by atoms with E-state index >= 15 is 0 Å². The van der Waals surface area contributed by atoms with Crippen LogP contribution in [-0.4, -0.2) is 27.5 Å². The number of nitrogens with zero attached hydrogens (tertiary/aromatic N) is 2. The average Bonchev–Trinajstić information content (AvgIpc) is 2.94. The molecule has 6 heteroatoms. The molecule has 0 fully saturated rings. The van der Waals surface area contributed by atoms with Crippen molar-refractivity contribution in [1.29, 1.82) is 0 Å². The normalized spacial score (nSPS) is 12.2. The molecular weight excluding hydrogens is 268 g/mol. The van der Waals surface area contributed by atoms with Gasteiger partial charge in [-0.1, -0.05) is 30.3 Å². The van der Waals surface area contributed by atoms with Crippen molar-refractivity contribution in [2.24, 2.45) is 0 Å². The zero-order chi connectivity index (χ0) is 15.2. The lowest BCUT2D eigenvalue weighted by atomic mass is 10.1. The van der Waals surface area contributed by atoms with Crippen LogP contribution in [0, 0.1) is 0 Å². The molecule has 0 bridgehead atoms. The summed E-state index contributed by atoms with van der Waals surface area (Å²) in [7, 11) is 0. The van der Waals surface area contributed by atoms with Crippen LogP contribution in [0.5, 0.6) is 0 Å². The minimum absolute atomic E-state index is 0.164. The molecule has 0 radical (unpaired) electrons. The molecule has 3 N–H and O–H groups in total. The zero-order valence-corrected chi connectivity index (χ0v) is 12.2. The maximum absolute atomic E-state index is 12.0. The molecule has 0 aliphatic heterocycles. The van der Waals surface area contributed by atoms with Crippen molar-refractivity contribution in [2.45, 2.75) is 25.9 Å². The molecule has 0 spiro atoms. The fourth-order valence-electron chi connectivity index (χ4n) is 1.93. The number of urea groups is 1. The van der Waals surface area contributed by atoms with Crippen molar-refractivity contribution in [1.82, 2.24) is 15.1 Å². The molecule has 0 saturated carbocycles. The maximum atomic E-state index is 12.0. The Labute approximate surface area is 123 Å². The second-order valence-electron chi connectivity index (χ2n) is 5.05. The summed E-state index contributed by atoms with van der Waals surface area (Å²) in [6, 6.07) is 8.76. The fraction of sp³-hybridized carbons (Fsp3) is 0.333. The smallest absolute Gasteiger partial charge is 0.319 e. The Hall–Kier alpha value is -2.34. The van der Waals surface area contributed by atoms with E-state index < -0.39 is 6.04 Å². The van der Waals surface area contributed by atoms with E-state index in [4.69, 9.17) is 0 Å². The molecule has 2 aromatic rings. The summed E-state index contributed by atoms with van der Waals surface area (Å²) >= 11 is 0. The van der Waals surface area contributed by atoms with Crippen molar-refractivity contribution in [3.8, 4) is 0 Å². The summed E-state index contributed by atoms with van der Waals surface area (Å²) in [5.74, 6) is 0. The van der Waals surface area contributed by atoms with Gasteiger partial charge in [0.25, 0.3) is 0 Å². The Bertz CT molecular complexity index is 580. The Morgan fingerprint density at radius 2 is 2.05 bits per heavy atom. The molecule has 0 aliphatic carbocycles. The highest BCUT2D eigenvalue weighted by molar-refractivity contribution is 5.89. The number of rotatable bonds is 5. The number of hydrogen-bond acceptors (Lipinski definition) is 3. The summed E-state index contributed by atoms with van der Waals surface area (Å²) in [4.78, 5) is 12.0. The first-order valence-electron chi connectivity index (χ1n) is 6.87. The molecule has 0 saturated heterocycles. The molecule has 1 heterocycles. The average molecular weight is 288 g/mol. The molecule has 1 atom stereocenters. The van der Waals surface area contributed by atoms with Crippen LogP contribution in [0.15, 0.2) is 42.7 Å². The van der Waals surface area contributed by atoms with Crippen LogP contribution in [0.1, 0.15) is 31.5 Å². The second kappa shape index (κ2) is 6.90. The molecular formula is C15H20N4O2. The van der Waals surface area contributed by atoms with Crippen LogP contribution in [0.25, 0.3) is 0 Å². The highest BCUT2D eigenvalue weighted by Gasteiger charge is 2.14. The molecule has 0 unspecified atom stereocenters. The molecule has 6 nitrogen and oxygen atoms in total. The van der Waals surface area contributed by atoms with E-state index in [2.05, 4.69) is 15.7 Å². The molecule has 2 rings (SSSR count). The fourth-order valence-corrected chi connectivity index (χ4v) is 1.93. The number of hydrogen-bond donors (Lipinski definition) is 3. The summed E-state index contributed by atoms with van der Waals surface area (Å²) in [5, 5.41) is 19.0. The SMILES string of the molecule is CC(C)n1cc(NC(=O)N[C@@H](CO)c2ccccc2)cn1. The number of nitrogens with one attached hydrogen (secondary N) is 2. The van der Waals surface area contributed by atoms with E-state index in [-0.39, 0.29) is 18.7 Å². The third-order valence-electron chi connectivity index (χ3n) is 3.08. The standard InChI is InChI=1S/C15H20N4O2/c1-11(2)19-9-13(8-16-19)17-15(21)18-14(10-20)12-6-4-3-5-7-12/h3-9,11,14,20H,10H2,1-2H3,(H2,17,18,21)/t14-/m0/s1. The predicted molar refractivity (Wildman–Crippen MR) is 81.0 cm³/mol. The van der Waals surface area contributed by atoms with Gasteiger partial charge in [-0.05, 0) is 19.4 Å². The van der Waals surface area contributed by atoms with Crippen molar-refractivity contribution in [2.75, 3.05) is 11.9 Å². The van der Waals surface area contributed by atoms with E-state index in [0.717, 1.165) is 5.56 Å². The molecule has 2 amide bonds. The monoisotopic (exact) mass is 288 g/mol. The Balaban J connectivity index is 1.96. The first kappa shape index (κ1) is 15.1. The maximum Gasteiger partial charge on any atom is 0.319 e. The summed E-state index contributed by atoms with van der Waals surface area (Å²) in [6.45, 7) is 3.85. The lowest BCUT2D eigenvalue weighted by Gasteiger charge is -2.16. The predicted octanol–water partition coefficient (Wildman–Crippen LogP) is 2.32. The Kier molecular flexibility index (Phi) is 4.94. The Morgan fingerprint density at radius 3 is 2.62 bits per heavy atom. The lowest BCUT2D eigenvalue weighted by molar-refractivity contribution is 0.225.